The van der Waals surface area contributed by atoms with Crippen LogP contribution in [0.2, 0.25) is 0 Å². The van der Waals surface area contributed by atoms with Gasteiger partial charge in [0.25, 0.3) is 0 Å². The maximum absolute atomic E-state index is 12.9. The molecule has 8 nitrogen and oxygen atoms in total. The number of fused-ring (bicyclic) bond motifs is 1. The molecule has 0 aromatic carbocycles. The summed E-state index contributed by atoms with van der Waals surface area (Å²) in [6.45, 7) is 14.9. The van der Waals surface area contributed by atoms with Crippen LogP contribution in [0.1, 0.15) is 61.3 Å². The minimum atomic E-state index is -1.16. The number of hydrogen-bond donors (Lipinski definition) is 0. The van der Waals surface area contributed by atoms with Gasteiger partial charge in [-0.15, -0.1) is 0 Å². The molecule has 0 aromatic heterocycles. The zero-order valence-electron chi connectivity index (χ0n) is 21.1. The molecule has 1 fully saturated rings. The van der Waals surface area contributed by atoms with Gasteiger partial charge in [0.15, 0.2) is 12.2 Å². The average Bonchev–Trinajstić information content (AvgIpc) is 2.73. The van der Waals surface area contributed by atoms with Gasteiger partial charge in [-0.25, -0.2) is 4.79 Å². The molecule has 0 N–H and O–H groups in total. The lowest BCUT2D eigenvalue weighted by Crippen LogP contribution is -2.65. The molecule has 6 atom stereocenters. The van der Waals surface area contributed by atoms with Gasteiger partial charge in [0.2, 0.25) is 0 Å². The highest BCUT2D eigenvalue weighted by atomic mass is 16.6. The van der Waals surface area contributed by atoms with Crippen LogP contribution < -0.4 is 0 Å². The lowest BCUT2D eigenvalue weighted by atomic mass is 9.53. The van der Waals surface area contributed by atoms with Gasteiger partial charge in [-0.05, 0) is 58.4 Å². The van der Waals surface area contributed by atoms with Crippen LogP contribution in [-0.2, 0) is 38.1 Å². The van der Waals surface area contributed by atoms with Crippen molar-refractivity contribution >= 4 is 23.9 Å². The fraction of sp³-hybridized carbons (Fsp3) is 0.615. The highest BCUT2D eigenvalue weighted by Crippen LogP contribution is 2.56. The highest BCUT2D eigenvalue weighted by molar-refractivity contribution is 5.88. The molecule has 0 unspecified atom stereocenters. The molecule has 0 saturated heterocycles. The Morgan fingerprint density at radius 2 is 1.62 bits per heavy atom. The van der Waals surface area contributed by atoms with Gasteiger partial charge < -0.3 is 18.9 Å². The zero-order valence-corrected chi connectivity index (χ0v) is 21.1. The summed E-state index contributed by atoms with van der Waals surface area (Å²) in [5.41, 5.74) is 1.01. The lowest BCUT2D eigenvalue weighted by molar-refractivity contribution is -0.221. The van der Waals surface area contributed by atoms with Gasteiger partial charge in [0.1, 0.15) is 12.7 Å². The fourth-order valence-electron chi connectivity index (χ4n) is 5.12. The predicted octanol–water partition coefficient (Wildman–Crippen LogP) is 3.84. The third kappa shape index (κ3) is 5.77. The first-order valence-corrected chi connectivity index (χ1v) is 11.5. The van der Waals surface area contributed by atoms with Crippen LogP contribution in [0.25, 0.3) is 0 Å². The van der Waals surface area contributed by atoms with E-state index in [0.717, 1.165) is 11.1 Å². The van der Waals surface area contributed by atoms with Crippen molar-refractivity contribution < 1.29 is 38.1 Å². The Balaban J connectivity index is 2.77. The lowest BCUT2D eigenvalue weighted by Gasteiger charge is -2.56. The van der Waals surface area contributed by atoms with Crippen LogP contribution in [0, 0.1) is 17.3 Å². The number of allylic oxidation sites excluding steroid dienone is 3. The minimum Gasteiger partial charge on any atom is -0.465 e. The molecule has 2 aliphatic carbocycles. The van der Waals surface area contributed by atoms with Crippen LogP contribution in [0.15, 0.2) is 35.5 Å². The average molecular weight is 477 g/mol. The monoisotopic (exact) mass is 476 g/mol. The SMILES string of the molecule is C=C(C)[C@@H]1C[C@H](OC(C)=O)[C@@]2(COC(C)=O)[C@H](C1)C(C)=C[C@H](OC(C)=O)[C@@H]2OC(=O)/C(C)=C/C. The van der Waals surface area contributed by atoms with Gasteiger partial charge in [0.05, 0.1) is 5.41 Å². The first-order valence-electron chi connectivity index (χ1n) is 11.5. The van der Waals surface area contributed by atoms with Gasteiger partial charge in [-0.2, -0.15) is 0 Å². The Bertz CT molecular complexity index is 914. The van der Waals surface area contributed by atoms with E-state index in [9.17, 15) is 19.2 Å². The fourth-order valence-corrected chi connectivity index (χ4v) is 5.12. The van der Waals surface area contributed by atoms with Crippen molar-refractivity contribution in [2.24, 2.45) is 17.3 Å². The van der Waals surface area contributed by atoms with Gasteiger partial charge in [0, 0.05) is 26.3 Å². The van der Waals surface area contributed by atoms with Crippen LogP contribution in [0.5, 0.6) is 0 Å². The Kier molecular flexibility index (Phi) is 8.86. The molecular formula is C26H36O8. The molecule has 0 bridgehead atoms. The summed E-state index contributed by atoms with van der Waals surface area (Å²) in [6.07, 6.45) is 1.64. The molecule has 2 aliphatic rings. The standard InChI is InChI=1S/C26H36O8/c1-9-15(4)25(30)34-24-22(32-18(7)28)10-16(5)21-11-20(14(2)3)12-23(33-19(8)29)26(21,24)13-31-17(6)27/h9-10,20-24H,2,11-13H2,1,3-8H3/b15-9+/t20-,21+,22-,23-,24-,26+/m0/s1. The molecule has 1 saturated carbocycles. The van der Waals surface area contributed by atoms with Crippen molar-refractivity contribution in [1.29, 1.82) is 0 Å². The number of carbonyl (C=O) groups is 4. The van der Waals surface area contributed by atoms with Gasteiger partial charge in [-0.3, -0.25) is 14.4 Å². The van der Waals surface area contributed by atoms with E-state index in [1.54, 1.807) is 26.0 Å². The largest absolute Gasteiger partial charge is 0.465 e. The van der Waals surface area contributed by atoms with Crippen molar-refractivity contribution in [3.05, 3.63) is 35.5 Å². The van der Waals surface area contributed by atoms with Crippen molar-refractivity contribution in [2.75, 3.05) is 6.61 Å². The van der Waals surface area contributed by atoms with Crippen molar-refractivity contribution in [3.63, 3.8) is 0 Å². The quantitative estimate of drug-likeness (QED) is 0.236. The van der Waals surface area contributed by atoms with E-state index in [-0.39, 0.29) is 18.4 Å². The molecule has 34 heavy (non-hydrogen) atoms. The number of ether oxygens (including phenoxy) is 4. The Morgan fingerprint density at radius 1 is 1.00 bits per heavy atom. The van der Waals surface area contributed by atoms with E-state index >= 15 is 0 Å². The molecule has 0 aliphatic heterocycles. The Labute approximate surface area is 201 Å². The number of rotatable bonds is 7. The van der Waals surface area contributed by atoms with Crippen molar-refractivity contribution in [1.82, 2.24) is 0 Å². The summed E-state index contributed by atoms with van der Waals surface area (Å²) in [4.78, 5) is 49.0. The molecule has 2 rings (SSSR count). The number of hydrogen-bond acceptors (Lipinski definition) is 8. The molecule has 188 valence electrons. The molecule has 0 amide bonds. The maximum atomic E-state index is 12.9. The smallest absolute Gasteiger partial charge is 0.333 e. The Morgan fingerprint density at radius 3 is 2.12 bits per heavy atom. The van der Waals surface area contributed by atoms with Crippen LogP contribution in [0.4, 0.5) is 0 Å². The highest BCUT2D eigenvalue weighted by Gasteiger charge is 2.63. The van der Waals surface area contributed by atoms with Crippen LogP contribution in [-0.4, -0.2) is 48.8 Å². The van der Waals surface area contributed by atoms with Crippen LogP contribution in [0.3, 0.4) is 0 Å². The summed E-state index contributed by atoms with van der Waals surface area (Å²) in [6, 6.07) is 0. The van der Waals surface area contributed by atoms with Crippen LogP contribution >= 0.6 is 0 Å². The molecule has 0 spiro atoms. The van der Waals surface area contributed by atoms with E-state index in [4.69, 9.17) is 18.9 Å². The van der Waals surface area contributed by atoms with E-state index < -0.39 is 47.6 Å². The number of esters is 4. The topological polar surface area (TPSA) is 105 Å². The molecule has 8 heteroatoms. The van der Waals surface area contributed by atoms with E-state index in [0.29, 0.717) is 18.4 Å². The first kappa shape index (κ1) is 27.3. The summed E-state index contributed by atoms with van der Waals surface area (Å²) >= 11 is 0. The minimum absolute atomic E-state index is 0.0297. The van der Waals surface area contributed by atoms with E-state index in [1.165, 1.54) is 20.8 Å². The second-order valence-electron chi connectivity index (χ2n) is 9.34. The molecular weight excluding hydrogens is 440 g/mol. The van der Waals surface area contributed by atoms with Gasteiger partial charge in [-0.1, -0.05) is 23.8 Å². The second kappa shape index (κ2) is 11.0. The molecule has 0 radical (unpaired) electrons. The predicted molar refractivity (Wildman–Crippen MR) is 124 cm³/mol. The summed E-state index contributed by atoms with van der Waals surface area (Å²) < 4.78 is 22.9. The maximum Gasteiger partial charge on any atom is 0.333 e. The third-order valence-electron chi connectivity index (χ3n) is 6.89. The molecule has 0 aromatic rings. The summed E-state index contributed by atoms with van der Waals surface area (Å²) in [5.74, 6) is -2.45. The van der Waals surface area contributed by atoms with Crippen molar-refractivity contribution in [3.8, 4) is 0 Å². The molecule has 0 heterocycles. The summed E-state index contributed by atoms with van der Waals surface area (Å²) in [7, 11) is 0. The third-order valence-corrected chi connectivity index (χ3v) is 6.89. The first-order chi connectivity index (χ1) is 15.8. The zero-order chi connectivity index (χ0) is 25.8. The summed E-state index contributed by atoms with van der Waals surface area (Å²) in [5, 5.41) is 0. The second-order valence-corrected chi connectivity index (χ2v) is 9.34. The van der Waals surface area contributed by atoms with Gasteiger partial charge >= 0.3 is 23.9 Å². The van der Waals surface area contributed by atoms with E-state index in [1.807, 2.05) is 13.8 Å². The normalized spacial score (nSPS) is 30.9. The van der Waals surface area contributed by atoms with Crippen molar-refractivity contribution in [2.45, 2.75) is 79.6 Å². The number of carbonyl (C=O) groups excluding carboxylic acids is 4. The van der Waals surface area contributed by atoms with E-state index in [2.05, 4.69) is 6.58 Å². The Hall–Kier alpha value is -2.90.